The molecule has 4 heteroatoms. The third-order valence-electron chi connectivity index (χ3n) is 4.05. The lowest BCUT2D eigenvalue weighted by atomic mass is 10.00. The van der Waals surface area contributed by atoms with E-state index in [4.69, 9.17) is 5.11 Å². The molecule has 4 nitrogen and oxygen atoms in total. The van der Waals surface area contributed by atoms with Gasteiger partial charge in [0.1, 0.15) is 0 Å². The summed E-state index contributed by atoms with van der Waals surface area (Å²) in [5.41, 5.74) is 0. The summed E-state index contributed by atoms with van der Waals surface area (Å²) >= 11 is 0. The van der Waals surface area contributed by atoms with E-state index < -0.39 is 5.97 Å². The minimum absolute atomic E-state index is 0.0951. The van der Waals surface area contributed by atoms with Gasteiger partial charge in [-0.3, -0.25) is 9.59 Å². The Balaban J connectivity index is 2.57. The van der Waals surface area contributed by atoms with Crippen molar-refractivity contribution in [3.8, 4) is 0 Å². The van der Waals surface area contributed by atoms with Crippen molar-refractivity contribution in [2.24, 2.45) is 17.8 Å². The van der Waals surface area contributed by atoms with Gasteiger partial charge in [0.15, 0.2) is 0 Å². The highest BCUT2D eigenvalue weighted by Crippen LogP contribution is 2.32. The Labute approximate surface area is 103 Å². The molecular weight excluding hydrogens is 218 g/mol. The monoisotopic (exact) mass is 241 g/mol. The van der Waals surface area contributed by atoms with Crippen LogP contribution in [-0.2, 0) is 9.59 Å². The topological polar surface area (TPSA) is 57.6 Å². The number of carboxylic acid groups (broad SMARTS) is 1. The average Bonchev–Trinajstić information content (AvgIpc) is 2.75. The van der Waals surface area contributed by atoms with E-state index in [0.717, 1.165) is 0 Å². The molecule has 0 aromatic heterocycles. The van der Waals surface area contributed by atoms with E-state index in [9.17, 15) is 9.59 Å². The van der Waals surface area contributed by atoms with Crippen molar-refractivity contribution >= 4 is 11.9 Å². The van der Waals surface area contributed by atoms with E-state index in [1.807, 2.05) is 14.0 Å². The fourth-order valence-electron chi connectivity index (χ4n) is 2.37. The predicted molar refractivity (Wildman–Crippen MR) is 65.5 cm³/mol. The van der Waals surface area contributed by atoms with E-state index in [1.54, 1.807) is 4.90 Å². The molecule has 0 bridgehead atoms. The zero-order chi connectivity index (χ0) is 13.2. The number of carbonyl (C=O) groups excluding carboxylic acids is 1. The number of carbonyl (C=O) groups is 2. The lowest BCUT2D eigenvalue weighted by Gasteiger charge is -2.30. The quantitative estimate of drug-likeness (QED) is 0.819. The minimum atomic E-state index is -0.764. The second-order valence-electron chi connectivity index (χ2n) is 5.48. The van der Waals surface area contributed by atoms with E-state index in [2.05, 4.69) is 13.8 Å². The average molecular weight is 241 g/mol. The molecule has 98 valence electrons. The number of rotatable bonds is 4. The molecule has 0 spiro atoms. The Morgan fingerprint density at radius 3 is 2.12 bits per heavy atom. The third-order valence-corrected chi connectivity index (χ3v) is 4.05. The fraction of sp³-hybridized carbons (Fsp3) is 0.846. The van der Waals surface area contributed by atoms with Gasteiger partial charge in [0, 0.05) is 19.0 Å². The van der Waals surface area contributed by atoms with Crippen LogP contribution in [0.25, 0.3) is 0 Å². The Morgan fingerprint density at radius 2 is 1.71 bits per heavy atom. The molecule has 1 amide bonds. The van der Waals surface area contributed by atoms with Crippen LogP contribution in [0.1, 0.15) is 40.0 Å². The molecule has 0 radical (unpaired) electrons. The SMILES string of the molecule is CC(C)C(C)N(C)C(=O)[C@@H]1CC[C@H](C(=O)O)C1. The van der Waals surface area contributed by atoms with Gasteiger partial charge in [-0.25, -0.2) is 0 Å². The van der Waals surface area contributed by atoms with Crippen molar-refractivity contribution in [1.82, 2.24) is 4.90 Å². The maximum atomic E-state index is 12.2. The first-order chi connectivity index (χ1) is 7.84. The van der Waals surface area contributed by atoms with Gasteiger partial charge in [0.2, 0.25) is 5.91 Å². The van der Waals surface area contributed by atoms with Crippen molar-refractivity contribution in [2.45, 2.75) is 46.1 Å². The second kappa shape index (κ2) is 5.52. The van der Waals surface area contributed by atoms with Crippen molar-refractivity contribution in [3.63, 3.8) is 0 Å². The summed E-state index contributed by atoms with van der Waals surface area (Å²) in [5.74, 6) is -0.663. The van der Waals surface area contributed by atoms with Gasteiger partial charge in [-0.05, 0) is 32.1 Å². The molecule has 0 saturated heterocycles. The van der Waals surface area contributed by atoms with Crippen LogP contribution in [-0.4, -0.2) is 35.0 Å². The molecule has 1 aliphatic rings. The Bertz CT molecular complexity index is 301. The molecule has 0 aromatic rings. The molecule has 1 fully saturated rings. The number of hydrogen-bond donors (Lipinski definition) is 1. The molecular formula is C13H23NO3. The molecule has 1 rings (SSSR count). The number of carboxylic acids is 1. The van der Waals surface area contributed by atoms with Crippen LogP contribution in [0.2, 0.25) is 0 Å². The number of aliphatic carboxylic acids is 1. The third kappa shape index (κ3) is 3.20. The van der Waals surface area contributed by atoms with Crippen molar-refractivity contribution in [1.29, 1.82) is 0 Å². The van der Waals surface area contributed by atoms with Crippen LogP contribution < -0.4 is 0 Å². The van der Waals surface area contributed by atoms with E-state index in [-0.39, 0.29) is 23.8 Å². The highest BCUT2D eigenvalue weighted by atomic mass is 16.4. The van der Waals surface area contributed by atoms with Crippen LogP contribution in [0, 0.1) is 17.8 Å². The minimum Gasteiger partial charge on any atom is -0.481 e. The molecule has 1 aliphatic carbocycles. The number of nitrogens with zero attached hydrogens (tertiary/aromatic N) is 1. The molecule has 1 unspecified atom stereocenters. The summed E-state index contributed by atoms with van der Waals surface area (Å²) in [6.45, 7) is 6.21. The lowest BCUT2D eigenvalue weighted by Crippen LogP contribution is -2.41. The van der Waals surface area contributed by atoms with Gasteiger partial charge >= 0.3 is 5.97 Å². The zero-order valence-electron chi connectivity index (χ0n) is 11.1. The highest BCUT2D eigenvalue weighted by Gasteiger charge is 2.36. The number of hydrogen-bond acceptors (Lipinski definition) is 2. The number of amides is 1. The summed E-state index contributed by atoms with van der Waals surface area (Å²) in [6.07, 6.45) is 1.85. The summed E-state index contributed by atoms with van der Waals surface area (Å²) in [4.78, 5) is 24.8. The Hall–Kier alpha value is -1.06. The van der Waals surface area contributed by atoms with Crippen molar-refractivity contribution in [3.05, 3.63) is 0 Å². The molecule has 17 heavy (non-hydrogen) atoms. The fourth-order valence-corrected chi connectivity index (χ4v) is 2.37. The largest absolute Gasteiger partial charge is 0.481 e. The Kier molecular flexibility index (Phi) is 4.54. The van der Waals surface area contributed by atoms with Crippen LogP contribution in [0.15, 0.2) is 0 Å². The van der Waals surface area contributed by atoms with E-state index in [0.29, 0.717) is 25.2 Å². The van der Waals surface area contributed by atoms with E-state index >= 15 is 0 Å². The highest BCUT2D eigenvalue weighted by molar-refractivity contribution is 5.81. The van der Waals surface area contributed by atoms with Gasteiger partial charge in [-0.1, -0.05) is 13.8 Å². The molecule has 1 N–H and O–H groups in total. The normalized spacial score (nSPS) is 25.9. The Morgan fingerprint density at radius 1 is 1.18 bits per heavy atom. The van der Waals surface area contributed by atoms with Gasteiger partial charge in [-0.2, -0.15) is 0 Å². The molecule has 0 aliphatic heterocycles. The first-order valence-corrected chi connectivity index (χ1v) is 6.34. The van der Waals surface area contributed by atoms with Crippen molar-refractivity contribution in [2.75, 3.05) is 7.05 Å². The van der Waals surface area contributed by atoms with Gasteiger partial charge in [0.25, 0.3) is 0 Å². The van der Waals surface area contributed by atoms with E-state index in [1.165, 1.54) is 0 Å². The molecule has 0 aromatic carbocycles. The van der Waals surface area contributed by atoms with Crippen LogP contribution in [0.3, 0.4) is 0 Å². The lowest BCUT2D eigenvalue weighted by molar-refractivity contribution is -0.141. The van der Waals surface area contributed by atoms with Crippen LogP contribution in [0.4, 0.5) is 0 Å². The zero-order valence-corrected chi connectivity index (χ0v) is 11.1. The summed E-state index contributed by atoms with van der Waals surface area (Å²) in [7, 11) is 1.82. The second-order valence-corrected chi connectivity index (χ2v) is 5.48. The standard InChI is InChI=1S/C13H23NO3/c1-8(2)9(3)14(4)12(15)10-5-6-11(7-10)13(16)17/h8-11H,5-7H2,1-4H3,(H,16,17)/t9?,10-,11+/m1/s1. The molecule has 0 heterocycles. The summed E-state index contributed by atoms with van der Waals surface area (Å²) in [6, 6.07) is 0.200. The first kappa shape index (κ1) is 14.0. The van der Waals surface area contributed by atoms with Gasteiger partial charge < -0.3 is 10.0 Å². The maximum absolute atomic E-state index is 12.2. The first-order valence-electron chi connectivity index (χ1n) is 6.34. The predicted octanol–water partition coefficient (Wildman–Crippen LogP) is 1.99. The maximum Gasteiger partial charge on any atom is 0.306 e. The van der Waals surface area contributed by atoms with Crippen molar-refractivity contribution < 1.29 is 14.7 Å². The summed E-state index contributed by atoms with van der Waals surface area (Å²) < 4.78 is 0. The van der Waals surface area contributed by atoms with Gasteiger partial charge in [0.05, 0.1) is 5.92 Å². The van der Waals surface area contributed by atoms with Gasteiger partial charge in [-0.15, -0.1) is 0 Å². The van der Waals surface area contributed by atoms with Crippen LogP contribution in [0.5, 0.6) is 0 Å². The summed E-state index contributed by atoms with van der Waals surface area (Å²) in [5, 5.41) is 8.92. The van der Waals surface area contributed by atoms with Crippen LogP contribution >= 0.6 is 0 Å². The smallest absolute Gasteiger partial charge is 0.306 e. The molecule has 3 atom stereocenters. The molecule has 1 saturated carbocycles.